The van der Waals surface area contributed by atoms with Gasteiger partial charge in [-0.2, -0.15) is 12.6 Å². The lowest BCUT2D eigenvalue weighted by molar-refractivity contribution is -0.138. The van der Waals surface area contributed by atoms with Crippen LogP contribution in [0.3, 0.4) is 0 Å². The second-order valence-electron chi connectivity index (χ2n) is 6.06. The van der Waals surface area contributed by atoms with E-state index in [9.17, 15) is 24.3 Å². The van der Waals surface area contributed by atoms with Crippen molar-refractivity contribution in [3.05, 3.63) is 29.8 Å². The van der Waals surface area contributed by atoms with Gasteiger partial charge in [0.2, 0.25) is 17.7 Å². The van der Waals surface area contributed by atoms with Crippen LogP contribution in [0.15, 0.2) is 24.3 Å². The van der Waals surface area contributed by atoms with Gasteiger partial charge >= 0.3 is 5.97 Å². The number of carbonyl (C=O) groups excluding carboxylic acids is 3. The molecule has 0 bridgehead atoms. The molecule has 0 aliphatic carbocycles. The van der Waals surface area contributed by atoms with E-state index in [0.29, 0.717) is 5.56 Å². The number of benzene rings is 1. The third kappa shape index (κ3) is 7.84. The number of amides is 3. The predicted molar refractivity (Wildman–Crippen MR) is 104 cm³/mol. The lowest BCUT2D eigenvalue weighted by Crippen LogP contribution is -2.55. The van der Waals surface area contributed by atoms with Crippen LogP contribution in [-0.2, 0) is 25.6 Å². The molecule has 0 heterocycles. The number of thiol groups is 1. The quantitative estimate of drug-likeness (QED) is 0.226. The highest BCUT2D eigenvalue weighted by molar-refractivity contribution is 7.80. The molecule has 0 aliphatic heterocycles. The Morgan fingerprint density at radius 2 is 1.68 bits per heavy atom. The summed E-state index contributed by atoms with van der Waals surface area (Å²) in [6, 6.07) is 3.02. The Labute approximate surface area is 167 Å². The van der Waals surface area contributed by atoms with Crippen molar-refractivity contribution >= 4 is 36.3 Å². The number of carboxylic acid groups (broad SMARTS) is 1. The zero-order valence-electron chi connectivity index (χ0n) is 15.2. The fourth-order valence-electron chi connectivity index (χ4n) is 2.13. The molecular weight excluding hydrogens is 388 g/mol. The number of nitrogens with two attached hydrogens (primary N) is 1. The van der Waals surface area contributed by atoms with Gasteiger partial charge in [0.1, 0.15) is 24.4 Å². The summed E-state index contributed by atoms with van der Waals surface area (Å²) in [7, 11) is 0. The third-order valence-electron chi connectivity index (χ3n) is 3.71. The van der Waals surface area contributed by atoms with Crippen molar-refractivity contribution in [2.45, 2.75) is 31.5 Å². The number of phenolic OH excluding ortho intramolecular Hbond substituents is 1. The second kappa shape index (κ2) is 11.1. The minimum absolute atomic E-state index is 0.0385. The number of hydrogen-bond acceptors (Lipinski definition) is 7. The van der Waals surface area contributed by atoms with Crippen LogP contribution >= 0.6 is 12.6 Å². The van der Waals surface area contributed by atoms with Crippen molar-refractivity contribution in [2.75, 3.05) is 12.3 Å². The number of nitrogens with one attached hydrogen (secondary N) is 3. The fourth-order valence-corrected chi connectivity index (χ4v) is 2.29. The molecule has 7 N–H and O–H groups in total. The Bertz CT molecular complexity index is 712. The lowest BCUT2D eigenvalue weighted by atomic mass is 10.0. The summed E-state index contributed by atoms with van der Waals surface area (Å²) in [6.07, 6.45) is 0.0499. The van der Waals surface area contributed by atoms with Crippen LogP contribution in [-0.4, -0.2) is 64.3 Å². The van der Waals surface area contributed by atoms with Crippen LogP contribution in [0.4, 0.5) is 0 Å². The first kappa shape index (κ1) is 23.2. The van der Waals surface area contributed by atoms with Crippen molar-refractivity contribution in [1.29, 1.82) is 0 Å². The average molecular weight is 412 g/mol. The van der Waals surface area contributed by atoms with E-state index in [1.807, 2.05) is 0 Å². The molecule has 3 amide bonds. The van der Waals surface area contributed by atoms with E-state index in [1.165, 1.54) is 19.1 Å². The molecule has 3 unspecified atom stereocenters. The first-order valence-electron chi connectivity index (χ1n) is 8.38. The Hall–Kier alpha value is -2.79. The summed E-state index contributed by atoms with van der Waals surface area (Å²) < 4.78 is 0. The molecule has 1 aromatic rings. The highest BCUT2D eigenvalue weighted by atomic mass is 32.1. The van der Waals surface area contributed by atoms with E-state index in [4.69, 9.17) is 10.8 Å². The van der Waals surface area contributed by atoms with E-state index in [1.54, 1.807) is 12.1 Å². The molecule has 11 heteroatoms. The zero-order chi connectivity index (χ0) is 21.3. The summed E-state index contributed by atoms with van der Waals surface area (Å²) in [4.78, 5) is 47.1. The van der Waals surface area contributed by atoms with Crippen LogP contribution in [0.25, 0.3) is 0 Å². The van der Waals surface area contributed by atoms with Crippen molar-refractivity contribution in [3.63, 3.8) is 0 Å². The van der Waals surface area contributed by atoms with E-state index in [-0.39, 0.29) is 17.9 Å². The lowest BCUT2D eigenvalue weighted by Gasteiger charge is -2.22. The fraction of sp³-hybridized carbons (Fsp3) is 0.412. The normalized spacial score (nSPS) is 13.7. The first-order valence-corrected chi connectivity index (χ1v) is 9.01. The summed E-state index contributed by atoms with van der Waals surface area (Å²) in [5, 5.41) is 25.2. The monoisotopic (exact) mass is 412 g/mol. The zero-order valence-corrected chi connectivity index (χ0v) is 16.1. The topological polar surface area (TPSA) is 171 Å². The van der Waals surface area contributed by atoms with Crippen molar-refractivity contribution < 1.29 is 29.4 Å². The Morgan fingerprint density at radius 3 is 2.21 bits per heavy atom. The third-order valence-corrected chi connectivity index (χ3v) is 4.10. The molecule has 3 atom stereocenters. The summed E-state index contributed by atoms with van der Waals surface area (Å²) in [5.74, 6) is -3.01. The molecule has 154 valence electrons. The number of hydrogen-bond donors (Lipinski definition) is 7. The predicted octanol–water partition coefficient (Wildman–Crippen LogP) is -1.62. The van der Waals surface area contributed by atoms with Gasteiger partial charge in [-0.1, -0.05) is 12.1 Å². The molecule has 1 rings (SSSR count). The van der Waals surface area contributed by atoms with E-state index in [2.05, 4.69) is 28.6 Å². The van der Waals surface area contributed by atoms with Crippen molar-refractivity contribution in [1.82, 2.24) is 16.0 Å². The molecule has 10 nitrogen and oxygen atoms in total. The second-order valence-corrected chi connectivity index (χ2v) is 6.43. The minimum atomic E-state index is -1.23. The molecule has 1 aromatic carbocycles. The van der Waals surface area contributed by atoms with E-state index >= 15 is 0 Å². The number of carbonyl (C=O) groups is 4. The van der Waals surface area contributed by atoms with Crippen molar-refractivity contribution in [2.24, 2.45) is 5.73 Å². The van der Waals surface area contributed by atoms with Gasteiger partial charge in [-0.05, 0) is 24.6 Å². The molecule has 0 spiro atoms. The average Bonchev–Trinajstić information content (AvgIpc) is 2.66. The van der Waals surface area contributed by atoms with Crippen LogP contribution < -0.4 is 21.7 Å². The highest BCUT2D eigenvalue weighted by Crippen LogP contribution is 2.11. The molecule has 0 radical (unpaired) electrons. The van der Waals surface area contributed by atoms with Crippen LogP contribution in [0.2, 0.25) is 0 Å². The molecule has 0 fully saturated rings. The maximum atomic E-state index is 12.4. The standard InChI is InChI=1S/C17H24N4O6S/c1-9(20-16(26)12(18)8-28)15(25)21-13(17(27)19-7-14(23)24)6-10-2-4-11(22)5-3-10/h2-5,9,12-13,22,28H,6-8,18H2,1H3,(H,19,27)(H,20,26)(H,21,25)(H,23,24). The van der Waals surface area contributed by atoms with Gasteiger partial charge in [-0.3, -0.25) is 19.2 Å². The van der Waals surface area contributed by atoms with Gasteiger partial charge in [0.15, 0.2) is 0 Å². The van der Waals surface area contributed by atoms with E-state index in [0.717, 1.165) is 0 Å². The highest BCUT2D eigenvalue weighted by Gasteiger charge is 2.26. The summed E-state index contributed by atoms with van der Waals surface area (Å²) in [6.45, 7) is 0.815. The first-order chi connectivity index (χ1) is 13.1. The number of aliphatic carboxylic acids is 1. The molecule has 0 aliphatic rings. The molecule has 0 aromatic heterocycles. The van der Waals surface area contributed by atoms with Crippen LogP contribution in [0.5, 0.6) is 5.75 Å². The molecule has 0 saturated carbocycles. The number of aromatic hydroxyl groups is 1. The van der Waals surface area contributed by atoms with Gasteiger partial charge in [-0.25, -0.2) is 0 Å². The Balaban J connectivity index is 2.83. The molecular formula is C17H24N4O6S. The smallest absolute Gasteiger partial charge is 0.322 e. The van der Waals surface area contributed by atoms with Gasteiger partial charge in [0.05, 0.1) is 6.04 Å². The van der Waals surface area contributed by atoms with Gasteiger partial charge in [0, 0.05) is 12.2 Å². The number of carboxylic acids is 1. The van der Waals surface area contributed by atoms with Crippen LogP contribution in [0, 0.1) is 0 Å². The van der Waals surface area contributed by atoms with Gasteiger partial charge < -0.3 is 31.9 Å². The number of phenols is 1. The molecule has 0 saturated heterocycles. The largest absolute Gasteiger partial charge is 0.508 e. The van der Waals surface area contributed by atoms with E-state index < -0.39 is 48.4 Å². The number of rotatable bonds is 10. The Morgan fingerprint density at radius 1 is 1.07 bits per heavy atom. The maximum absolute atomic E-state index is 12.4. The van der Waals surface area contributed by atoms with Gasteiger partial charge in [0.25, 0.3) is 0 Å². The summed E-state index contributed by atoms with van der Waals surface area (Å²) in [5.41, 5.74) is 6.16. The Kier molecular flexibility index (Phi) is 9.25. The maximum Gasteiger partial charge on any atom is 0.322 e. The SMILES string of the molecule is CC(NC(=O)C(N)CS)C(=O)NC(Cc1ccc(O)cc1)C(=O)NCC(=O)O. The minimum Gasteiger partial charge on any atom is -0.508 e. The van der Waals surface area contributed by atoms with Gasteiger partial charge in [-0.15, -0.1) is 0 Å². The van der Waals surface area contributed by atoms with Crippen molar-refractivity contribution in [3.8, 4) is 5.75 Å². The summed E-state index contributed by atoms with van der Waals surface area (Å²) >= 11 is 3.91. The molecule has 28 heavy (non-hydrogen) atoms. The van der Waals surface area contributed by atoms with Crippen LogP contribution in [0.1, 0.15) is 12.5 Å².